The number of hydrogen-bond donors (Lipinski definition) is 2. The van der Waals surface area contributed by atoms with Crippen LogP contribution < -0.4 is 5.73 Å². The lowest BCUT2D eigenvalue weighted by molar-refractivity contribution is 0.0342. The van der Waals surface area contributed by atoms with E-state index in [9.17, 15) is 5.11 Å². The third-order valence-electron chi connectivity index (χ3n) is 2.93. The maximum Gasteiger partial charge on any atom is 0.0782 e. The summed E-state index contributed by atoms with van der Waals surface area (Å²) in [5, 5.41) is 9.99. The smallest absolute Gasteiger partial charge is 0.0782 e. The number of nitrogens with zero attached hydrogens (tertiary/aromatic N) is 1. The van der Waals surface area contributed by atoms with Gasteiger partial charge in [0.25, 0.3) is 0 Å². The lowest BCUT2D eigenvalue weighted by atomic mass is 9.95. The minimum atomic E-state index is -0.581. The highest BCUT2D eigenvalue weighted by atomic mass is 16.3. The molecule has 3 heteroatoms. The molecular formula is C10H22N2O. The Bertz CT molecular complexity index is 152. The molecule has 0 aliphatic carbocycles. The standard InChI is InChI=1S/C10H22N2O/c1-2-6-12-7-3-4-10(13,9-11)5-8-12/h13H,2-9,11H2,1H3. The van der Waals surface area contributed by atoms with E-state index in [1.807, 2.05) is 0 Å². The summed E-state index contributed by atoms with van der Waals surface area (Å²) in [5.74, 6) is 0. The Morgan fingerprint density at radius 3 is 2.77 bits per heavy atom. The molecule has 0 saturated carbocycles. The van der Waals surface area contributed by atoms with Gasteiger partial charge in [0, 0.05) is 13.1 Å². The summed E-state index contributed by atoms with van der Waals surface area (Å²) >= 11 is 0. The molecule has 0 aromatic heterocycles. The van der Waals surface area contributed by atoms with Crippen molar-refractivity contribution in [3.05, 3.63) is 0 Å². The normalized spacial score (nSPS) is 31.6. The quantitative estimate of drug-likeness (QED) is 0.677. The molecule has 0 aromatic carbocycles. The highest BCUT2D eigenvalue weighted by Crippen LogP contribution is 2.20. The second kappa shape index (κ2) is 4.94. The minimum absolute atomic E-state index is 0.410. The van der Waals surface area contributed by atoms with Crippen molar-refractivity contribution in [1.29, 1.82) is 0 Å². The molecule has 0 radical (unpaired) electrons. The van der Waals surface area contributed by atoms with Gasteiger partial charge in [-0.25, -0.2) is 0 Å². The third-order valence-corrected chi connectivity index (χ3v) is 2.93. The average Bonchev–Trinajstić information content (AvgIpc) is 2.31. The van der Waals surface area contributed by atoms with Crippen molar-refractivity contribution in [2.75, 3.05) is 26.2 Å². The van der Waals surface area contributed by atoms with Crippen LogP contribution in [-0.2, 0) is 0 Å². The molecular weight excluding hydrogens is 164 g/mol. The summed E-state index contributed by atoms with van der Waals surface area (Å²) in [6.45, 7) is 5.88. The van der Waals surface area contributed by atoms with Gasteiger partial charge in [-0.05, 0) is 38.8 Å². The maximum atomic E-state index is 9.99. The van der Waals surface area contributed by atoms with Crippen LogP contribution >= 0.6 is 0 Å². The Hall–Kier alpha value is -0.120. The molecule has 0 bridgehead atoms. The van der Waals surface area contributed by atoms with Crippen LogP contribution in [0.5, 0.6) is 0 Å². The molecule has 0 amide bonds. The fourth-order valence-electron chi connectivity index (χ4n) is 1.98. The number of rotatable bonds is 3. The van der Waals surface area contributed by atoms with Gasteiger partial charge in [-0.3, -0.25) is 0 Å². The first kappa shape index (κ1) is 11.0. The molecule has 1 heterocycles. The Balaban J connectivity index is 2.39. The molecule has 3 N–H and O–H groups in total. The average molecular weight is 186 g/mol. The molecule has 1 aliphatic heterocycles. The summed E-state index contributed by atoms with van der Waals surface area (Å²) in [5.41, 5.74) is 4.98. The zero-order chi connectivity index (χ0) is 9.73. The van der Waals surface area contributed by atoms with Crippen molar-refractivity contribution < 1.29 is 5.11 Å². The molecule has 1 aliphatic rings. The number of nitrogens with two attached hydrogens (primary N) is 1. The van der Waals surface area contributed by atoms with E-state index in [4.69, 9.17) is 5.73 Å². The summed E-state index contributed by atoms with van der Waals surface area (Å²) in [6, 6.07) is 0. The van der Waals surface area contributed by atoms with Crippen LogP contribution in [0.3, 0.4) is 0 Å². The predicted molar refractivity (Wildman–Crippen MR) is 54.6 cm³/mol. The summed E-state index contributed by atoms with van der Waals surface area (Å²) in [6.07, 6.45) is 3.97. The monoisotopic (exact) mass is 186 g/mol. The highest BCUT2D eigenvalue weighted by molar-refractivity contribution is 4.84. The van der Waals surface area contributed by atoms with Gasteiger partial charge in [-0.2, -0.15) is 0 Å². The first-order valence-corrected chi connectivity index (χ1v) is 5.35. The van der Waals surface area contributed by atoms with Crippen LogP contribution in [0.2, 0.25) is 0 Å². The lowest BCUT2D eigenvalue weighted by Gasteiger charge is -2.24. The molecule has 1 fully saturated rings. The summed E-state index contributed by atoms with van der Waals surface area (Å²) in [7, 11) is 0. The van der Waals surface area contributed by atoms with Crippen molar-refractivity contribution in [2.24, 2.45) is 5.73 Å². The van der Waals surface area contributed by atoms with Gasteiger partial charge in [0.1, 0.15) is 0 Å². The van der Waals surface area contributed by atoms with E-state index in [1.54, 1.807) is 0 Å². The molecule has 78 valence electrons. The first-order chi connectivity index (χ1) is 6.20. The van der Waals surface area contributed by atoms with E-state index >= 15 is 0 Å². The molecule has 1 rings (SSSR count). The lowest BCUT2D eigenvalue weighted by Crippen LogP contribution is -2.38. The Morgan fingerprint density at radius 1 is 1.38 bits per heavy atom. The van der Waals surface area contributed by atoms with E-state index in [-0.39, 0.29) is 0 Å². The molecule has 3 nitrogen and oxygen atoms in total. The van der Waals surface area contributed by atoms with Gasteiger partial charge in [-0.1, -0.05) is 6.92 Å². The van der Waals surface area contributed by atoms with Gasteiger partial charge >= 0.3 is 0 Å². The van der Waals surface area contributed by atoms with Crippen molar-refractivity contribution in [1.82, 2.24) is 4.90 Å². The Morgan fingerprint density at radius 2 is 2.15 bits per heavy atom. The number of hydrogen-bond acceptors (Lipinski definition) is 3. The number of aliphatic hydroxyl groups is 1. The van der Waals surface area contributed by atoms with Gasteiger partial charge in [-0.15, -0.1) is 0 Å². The molecule has 0 aromatic rings. The van der Waals surface area contributed by atoms with Gasteiger partial charge in [0.2, 0.25) is 0 Å². The van der Waals surface area contributed by atoms with Crippen LogP contribution in [0.15, 0.2) is 0 Å². The Labute approximate surface area is 80.9 Å². The minimum Gasteiger partial charge on any atom is -0.389 e. The second-order valence-corrected chi connectivity index (χ2v) is 4.12. The van der Waals surface area contributed by atoms with E-state index in [1.165, 1.54) is 6.42 Å². The van der Waals surface area contributed by atoms with E-state index in [0.717, 1.165) is 38.9 Å². The van der Waals surface area contributed by atoms with Crippen molar-refractivity contribution in [3.8, 4) is 0 Å². The van der Waals surface area contributed by atoms with E-state index < -0.39 is 5.60 Å². The number of likely N-dealkylation sites (tertiary alicyclic amines) is 1. The molecule has 0 spiro atoms. The second-order valence-electron chi connectivity index (χ2n) is 4.12. The summed E-state index contributed by atoms with van der Waals surface area (Å²) in [4.78, 5) is 2.42. The maximum absolute atomic E-state index is 9.99. The molecule has 1 atom stereocenters. The topological polar surface area (TPSA) is 49.5 Å². The highest BCUT2D eigenvalue weighted by Gasteiger charge is 2.27. The van der Waals surface area contributed by atoms with Gasteiger partial charge in [0.15, 0.2) is 0 Å². The van der Waals surface area contributed by atoms with Crippen LogP contribution in [0, 0.1) is 0 Å². The van der Waals surface area contributed by atoms with Crippen molar-refractivity contribution in [3.63, 3.8) is 0 Å². The molecule has 1 saturated heterocycles. The summed E-state index contributed by atoms with van der Waals surface area (Å²) < 4.78 is 0. The van der Waals surface area contributed by atoms with Gasteiger partial charge in [0.05, 0.1) is 5.60 Å². The first-order valence-electron chi connectivity index (χ1n) is 5.35. The van der Waals surface area contributed by atoms with E-state index in [2.05, 4.69) is 11.8 Å². The van der Waals surface area contributed by atoms with Crippen molar-refractivity contribution in [2.45, 2.75) is 38.2 Å². The van der Waals surface area contributed by atoms with Crippen LogP contribution in [0.25, 0.3) is 0 Å². The zero-order valence-electron chi connectivity index (χ0n) is 8.63. The SMILES string of the molecule is CCCN1CCCC(O)(CN)CC1. The van der Waals surface area contributed by atoms with E-state index in [0.29, 0.717) is 6.54 Å². The van der Waals surface area contributed by atoms with Crippen LogP contribution in [-0.4, -0.2) is 41.8 Å². The van der Waals surface area contributed by atoms with Crippen molar-refractivity contribution >= 4 is 0 Å². The van der Waals surface area contributed by atoms with Crippen LogP contribution in [0.4, 0.5) is 0 Å². The fraction of sp³-hybridized carbons (Fsp3) is 1.00. The van der Waals surface area contributed by atoms with Crippen LogP contribution in [0.1, 0.15) is 32.6 Å². The zero-order valence-corrected chi connectivity index (χ0v) is 8.63. The van der Waals surface area contributed by atoms with Gasteiger partial charge < -0.3 is 15.7 Å². The Kier molecular flexibility index (Phi) is 4.16. The predicted octanol–water partition coefficient (Wildman–Crippen LogP) is 0.572. The third kappa shape index (κ3) is 3.25. The largest absolute Gasteiger partial charge is 0.389 e. The molecule has 13 heavy (non-hydrogen) atoms. The molecule has 1 unspecified atom stereocenters. The fourth-order valence-corrected chi connectivity index (χ4v) is 1.98.